The van der Waals surface area contributed by atoms with E-state index in [4.69, 9.17) is 9.47 Å². The highest BCUT2D eigenvalue weighted by Crippen LogP contribution is 2.36. The van der Waals surface area contributed by atoms with Crippen molar-refractivity contribution in [2.75, 3.05) is 32.1 Å². The molecule has 0 radical (unpaired) electrons. The van der Waals surface area contributed by atoms with E-state index in [2.05, 4.69) is 15.0 Å². The number of likely N-dealkylation sites (N-methyl/N-ethyl adjacent to an activating group) is 1. The number of hydrogen-bond acceptors (Lipinski definition) is 7. The summed E-state index contributed by atoms with van der Waals surface area (Å²) < 4.78 is 55.7. The van der Waals surface area contributed by atoms with Crippen LogP contribution in [0.2, 0.25) is 0 Å². The summed E-state index contributed by atoms with van der Waals surface area (Å²) in [5.41, 5.74) is -0.773. The van der Waals surface area contributed by atoms with Gasteiger partial charge in [0.15, 0.2) is 17.5 Å². The summed E-state index contributed by atoms with van der Waals surface area (Å²) in [6.45, 7) is 6.30. The third-order valence-corrected chi connectivity index (χ3v) is 6.71. The number of nitrogens with zero attached hydrogens (tertiary/aromatic N) is 5. The van der Waals surface area contributed by atoms with Gasteiger partial charge in [-0.05, 0) is 38.6 Å². The van der Waals surface area contributed by atoms with Gasteiger partial charge in [0.25, 0.3) is 0 Å². The van der Waals surface area contributed by atoms with E-state index in [1.165, 1.54) is 25.4 Å². The molecule has 4 aromatic rings. The highest BCUT2D eigenvalue weighted by molar-refractivity contribution is 5.99. The summed E-state index contributed by atoms with van der Waals surface area (Å²) in [6, 6.07) is 6.96. The van der Waals surface area contributed by atoms with Crippen molar-refractivity contribution in [2.45, 2.75) is 38.8 Å². The first-order valence-corrected chi connectivity index (χ1v) is 12.5. The Morgan fingerprint density at radius 2 is 1.87 bits per heavy atom. The van der Waals surface area contributed by atoms with Gasteiger partial charge in [0, 0.05) is 43.3 Å². The molecule has 1 aliphatic heterocycles. The molecule has 0 spiro atoms. The Morgan fingerprint density at radius 1 is 1.10 bits per heavy atom. The number of amides is 1. The van der Waals surface area contributed by atoms with Crippen molar-refractivity contribution >= 4 is 33.6 Å². The Kier molecular flexibility index (Phi) is 6.69. The van der Waals surface area contributed by atoms with Gasteiger partial charge in [0.05, 0.1) is 12.5 Å². The number of aromatic nitrogens is 3. The molecular formula is C28H28F3N5O3. The number of likely N-dealkylation sites (tertiary alicyclic amines) is 1. The smallest absolute Gasteiger partial charge is 0.410 e. The van der Waals surface area contributed by atoms with Crippen molar-refractivity contribution in [1.82, 2.24) is 19.9 Å². The van der Waals surface area contributed by atoms with Crippen LogP contribution in [0.25, 0.3) is 32.9 Å². The SMILES string of the molecule is COc1nc(N(C)C2CCN(C(=O)OC(C)(C)C)C2)c2cnc(-c3cccc4ccc(F)c(F)c34)c(F)c2n1. The Hall–Kier alpha value is -4.15. The molecular weight excluding hydrogens is 511 g/mol. The molecule has 1 fully saturated rings. The van der Waals surface area contributed by atoms with Gasteiger partial charge < -0.3 is 19.3 Å². The van der Waals surface area contributed by atoms with E-state index < -0.39 is 29.1 Å². The molecule has 0 aliphatic carbocycles. The molecule has 0 N–H and O–H groups in total. The van der Waals surface area contributed by atoms with Crippen LogP contribution < -0.4 is 9.64 Å². The first kappa shape index (κ1) is 26.5. The molecule has 0 saturated carbocycles. The van der Waals surface area contributed by atoms with Crippen molar-refractivity contribution in [3.05, 3.63) is 54.0 Å². The van der Waals surface area contributed by atoms with Crippen LogP contribution in [-0.2, 0) is 4.74 Å². The van der Waals surface area contributed by atoms with E-state index in [-0.39, 0.29) is 34.2 Å². The Balaban J connectivity index is 1.56. The molecule has 2 aromatic heterocycles. The number of halogens is 3. The standard InChI is InChI=1S/C28H28F3N5O3/c1-28(2,3)39-27(37)36-12-11-16(14-36)35(4)25-18-13-32-23(22(31)24(18)33-26(34-25)38-5)17-8-6-7-15-9-10-19(29)21(30)20(15)17/h6-10,13,16H,11-12,14H2,1-5H3. The van der Waals surface area contributed by atoms with Gasteiger partial charge >= 0.3 is 12.1 Å². The van der Waals surface area contributed by atoms with E-state index in [1.807, 2.05) is 25.7 Å². The van der Waals surface area contributed by atoms with Crippen LogP contribution in [0.3, 0.4) is 0 Å². The van der Waals surface area contributed by atoms with E-state index in [9.17, 15) is 13.6 Å². The molecule has 1 aliphatic rings. The van der Waals surface area contributed by atoms with Crippen molar-refractivity contribution < 1.29 is 27.4 Å². The molecule has 8 nitrogen and oxygen atoms in total. The zero-order chi connectivity index (χ0) is 28.1. The zero-order valence-corrected chi connectivity index (χ0v) is 22.3. The highest BCUT2D eigenvalue weighted by Gasteiger charge is 2.33. The summed E-state index contributed by atoms with van der Waals surface area (Å²) in [6.07, 6.45) is 1.65. The zero-order valence-electron chi connectivity index (χ0n) is 22.3. The minimum atomic E-state index is -1.08. The molecule has 1 saturated heterocycles. The Bertz CT molecular complexity index is 1590. The monoisotopic (exact) mass is 539 g/mol. The normalized spacial score (nSPS) is 15.7. The fraction of sp³-hybridized carbons (Fsp3) is 0.357. The maximum atomic E-state index is 16.1. The lowest BCUT2D eigenvalue weighted by Crippen LogP contribution is -2.39. The molecule has 204 valence electrons. The van der Waals surface area contributed by atoms with E-state index in [0.717, 1.165) is 6.07 Å². The summed E-state index contributed by atoms with van der Waals surface area (Å²) in [5.74, 6) is -2.58. The molecule has 5 rings (SSSR count). The van der Waals surface area contributed by atoms with Gasteiger partial charge in [-0.25, -0.2) is 18.0 Å². The first-order chi connectivity index (χ1) is 18.5. The number of fused-ring (bicyclic) bond motifs is 2. The lowest BCUT2D eigenvalue weighted by Gasteiger charge is -2.28. The topological polar surface area (TPSA) is 80.7 Å². The van der Waals surface area contributed by atoms with Crippen molar-refractivity contribution in [3.8, 4) is 17.3 Å². The summed E-state index contributed by atoms with van der Waals surface area (Å²) in [5, 5.41) is 0.640. The number of pyridine rings is 1. The average molecular weight is 540 g/mol. The minimum absolute atomic E-state index is 0.0717. The summed E-state index contributed by atoms with van der Waals surface area (Å²) in [4.78, 5) is 29.0. The van der Waals surface area contributed by atoms with Gasteiger partial charge in [-0.2, -0.15) is 9.97 Å². The second-order valence-electron chi connectivity index (χ2n) is 10.5. The fourth-order valence-corrected chi connectivity index (χ4v) is 4.80. The van der Waals surface area contributed by atoms with Crippen LogP contribution >= 0.6 is 0 Å². The second-order valence-corrected chi connectivity index (χ2v) is 10.5. The lowest BCUT2D eigenvalue weighted by atomic mass is 10.00. The predicted octanol–water partition coefficient (Wildman–Crippen LogP) is 5.72. The molecule has 0 bridgehead atoms. The third-order valence-electron chi connectivity index (χ3n) is 6.71. The van der Waals surface area contributed by atoms with Gasteiger partial charge in [-0.1, -0.05) is 24.3 Å². The number of rotatable bonds is 4. The van der Waals surface area contributed by atoms with Gasteiger partial charge in [-0.15, -0.1) is 0 Å². The largest absolute Gasteiger partial charge is 0.467 e. The van der Waals surface area contributed by atoms with E-state index >= 15 is 4.39 Å². The predicted molar refractivity (Wildman–Crippen MR) is 141 cm³/mol. The first-order valence-electron chi connectivity index (χ1n) is 12.5. The molecule has 39 heavy (non-hydrogen) atoms. The molecule has 1 unspecified atom stereocenters. The van der Waals surface area contributed by atoms with Crippen LogP contribution in [0.1, 0.15) is 27.2 Å². The number of carbonyl (C=O) groups is 1. The maximum absolute atomic E-state index is 16.1. The van der Waals surface area contributed by atoms with Crippen molar-refractivity contribution in [1.29, 1.82) is 0 Å². The minimum Gasteiger partial charge on any atom is -0.467 e. The van der Waals surface area contributed by atoms with E-state index in [1.54, 1.807) is 24.1 Å². The molecule has 3 heterocycles. The number of ether oxygens (including phenoxy) is 2. The van der Waals surface area contributed by atoms with E-state index in [0.29, 0.717) is 36.1 Å². The quantitative estimate of drug-likeness (QED) is 0.328. The number of carbonyl (C=O) groups excluding carboxylic acids is 1. The average Bonchev–Trinajstić information content (AvgIpc) is 3.40. The van der Waals surface area contributed by atoms with Gasteiger partial charge in [-0.3, -0.25) is 4.98 Å². The van der Waals surface area contributed by atoms with Crippen molar-refractivity contribution in [3.63, 3.8) is 0 Å². The molecule has 11 heteroatoms. The van der Waals surface area contributed by atoms with Gasteiger partial charge in [0.1, 0.15) is 22.6 Å². The van der Waals surface area contributed by atoms with Gasteiger partial charge in [0.2, 0.25) is 0 Å². The molecule has 1 amide bonds. The number of hydrogen-bond donors (Lipinski definition) is 0. The Labute approximate surface area is 223 Å². The Morgan fingerprint density at radius 3 is 2.59 bits per heavy atom. The maximum Gasteiger partial charge on any atom is 0.410 e. The highest BCUT2D eigenvalue weighted by atomic mass is 19.2. The van der Waals surface area contributed by atoms with Crippen LogP contribution in [-0.4, -0.2) is 64.8 Å². The number of anilines is 1. The second kappa shape index (κ2) is 9.87. The van der Waals surface area contributed by atoms with Crippen molar-refractivity contribution in [2.24, 2.45) is 0 Å². The van der Waals surface area contributed by atoms with Crippen LogP contribution in [0.4, 0.5) is 23.8 Å². The number of benzene rings is 2. The lowest BCUT2D eigenvalue weighted by molar-refractivity contribution is 0.0292. The number of methoxy groups -OCH3 is 1. The van der Waals surface area contributed by atoms with Crippen LogP contribution in [0.15, 0.2) is 36.5 Å². The molecule has 2 aromatic carbocycles. The summed E-state index contributed by atoms with van der Waals surface area (Å²) >= 11 is 0. The van der Waals surface area contributed by atoms with Crippen LogP contribution in [0, 0.1) is 17.5 Å². The molecule has 1 atom stereocenters. The van der Waals surface area contributed by atoms with Crippen LogP contribution in [0.5, 0.6) is 6.01 Å². The fourth-order valence-electron chi connectivity index (χ4n) is 4.80. The third kappa shape index (κ3) is 4.88. The summed E-state index contributed by atoms with van der Waals surface area (Å²) in [7, 11) is 3.16.